The van der Waals surface area contributed by atoms with Crippen LogP contribution in [0, 0.1) is 0 Å². The van der Waals surface area contributed by atoms with Gasteiger partial charge in [-0.3, -0.25) is 0 Å². The van der Waals surface area contributed by atoms with Crippen molar-refractivity contribution in [2.24, 2.45) is 0 Å². The monoisotopic (exact) mass is 243 g/mol. The summed E-state index contributed by atoms with van der Waals surface area (Å²) in [6.07, 6.45) is 4.75. The van der Waals surface area contributed by atoms with Crippen molar-refractivity contribution in [2.75, 3.05) is 26.4 Å². The minimum absolute atomic E-state index is 0.231. The van der Waals surface area contributed by atoms with E-state index in [2.05, 4.69) is 18.8 Å². The Morgan fingerprint density at radius 1 is 1.65 bits per heavy atom. The van der Waals surface area contributed by atoms with Crippen LogP contribution in [0.2, 0.25) is 0 Å². The highest BCUT2D eigenvalue weighted by Crippen LogP contribution is 2.11. The van der Waals surface area contributed by atoms with Gasteiger partial charge in [0.15, 0.2) is 0 Å². The van der Waals surface area contributed by atoms with Crippen LogP contribution in [0.5, 0.6) is 0 Å². The lowest BCUT2D eigenvalue weighted by Gasteiger charge is -2.17. The Bertz CT molecular complexity index is 205. The van der Waals surface area contributed by atoms with E-state index >= 15 is 0 Å². The maximum atomic E-state index is 9.69. The summed E-state index contributed by atoms with van der Waals surface area (Å²) in [6.45, 7) is 8.12. The number of aliphatic hydroxyl groups excluding tert-OH is 1. The average Bonchev–Trinajstić information content (AvgIpc) is 2.80. The van der Waals surface area contributed by atoms with Crippen LogP contribution in [0.1, 0.15) is 26.2 Å². The van der Waals surface area contributed by atoms with Crippen molar-refractivity contribution in [3.8, 4) is 0 Å². The van der Waals surface area contributed by atoms with Gasteiger partial charge in [-0.25, -0.2) is 0 Å². The first-order valence-electron chi connectivity index (χ1n) is 6.44. The summed E-state index contributed by atoms with van der Waals surface area (Å²) < 4.78 is 10.9. The van der Waals surface area contributed by atoms with Gasteiger partial charge in [-0.05, 0) is 26.2 Å². The van der Waals surface area contributed by atoms with Crippen molar-refractivity contribution in [3.05, 3.63) is 12.7 Å². The smallest absolute Gasteiger partial charge is 0.0897 e. The molecule has 0 bridgehead atoms. The second-order valence-corrected chi connectivity index (χ2v) is 4.66. The van der Waals surface area contributed by atoms with Gasteiger partial charge < -0.3 is 19.9 Å². The summed E-state index contributed by atoms with van der Waals surface area (Å²) in [5.74, 6) is 0. The topological polar surface area (TPSA) is 50.7 Å². The molecule has 0 aliphatic carbocycles. The van der Waals surface area contributed by atoms with Crippen molar-refractivity contribution in [3.63, 3.8) is 0 Å². The van der Waals surface area contributed by atoms with Gasteiger partial charge in [0.25, 0.3) is 0 Å². The fourth-order valence-corrected chi connectivity index (χ4v) is 1.84. The highest BCUT2D eigenvalue weighted by Gasteiger charge is 2.16. The molecule has 4 nitrogen and oxygen atoms in total. The minimum Gasteiger partial charge on any atom is -0.389 e. The minimum atomic E-state index is -0.455. The van der Waals surface area contributed by atoms with Gasteiger partial charge in [-0.2, -0.15) is 0 Å². The fraction of sp³-hybridized carbons (Fsp3) is 0.846. The lowest BCUT2D eigenvalue weighted by molar-refractivity contribution is -0.0168. The van der Waals surface area contributed by atoms with Crippen LogP contribution in [0.15, 0.2) is 12.7 Å². The van der Waals surface area contributed by atoms with E-state index in [1.807, 2.05) is 6.08 Å². The zero-order chi connectivity index (χ0) is 12.5. The van der Waals surface area contributed by atoms with E-state index < -0.39 is 6.10 Å². The number of rotatable bonds is 9. The third kappa shape index (κ3) is 6.78. The molecule has 2 N–H and O–H groups in total. The quantitative estimate of drug-likeness (QED) is 0.595. The molecule has 0 spiro atoms. The maximum Gasteiger partial charge on any atom is 0.0897 e. The Hall–Kier alpha value is -0.420. The number of hydrogen-bond acceptors (Lipinski definition) is 4. The molecule has 0 aromatic carbocycles. The number of hydrogen-bond donors (Lipinski definition) is 2. The van der Waals surface area contributed by atoms with Gasteiger partial charge in [0.1, 0.15) is 0 Å². The van der Waals surface area contributed by atoms with E-state index in [-0.39, 0.29) is 6.10 Å². The molecule has 1 rings (SSSR count). The van der Waals surface area contributed by atoms with Crippen molar-refractivity contribution in [1.29, 1.82) is 0 Å². The number of ether oxygens (including phenoxy) is 2. The van der Waals surface area contributed by atoms with E-state index in [4.69, 9.17) is 9.47 Å². The molecule has 1 aliphatic heterocycles. The molecule has 0 saturated carbocycles. The third-order valence-corrected chi connectivity index (χ3v) is 2.86. The molecule has 17 heavy (non-hydrogen) atoms. The molecule has 0 radical (unpaired) electrons. The first-order chi connectivity index (χ1) is 8.22. The molecule has 0 amide bonds. The third-order valence-electron chi connectivity index (χ3n) is 2.86. The molecule has 1 fully saturated rings. The van der Waals surface area contributed by atoms with E-state index in [9.17, 15) is 5.11 Å². The highest BCUT2D eigenvalue weighted by atomic mass is 16.5. The molecule has 3 atom stereocenters. The van der Waals surface area contributed by atoms with Crippen molar-refractivity contribution < 1.29 is 14.6 Å². The molecule has 3 unspecified atom stereocenters. The van der Waals surface area contributed by atoms with E-state index in [1.54, 1.807) is 0 Å². The van der Waals surface area contributed by atoms with Gasteiger partial charge in [0, 0.05) is 19.2 Å². The molecule has 1 heterocycles. The fourth-order valence-electron chi connectivity index (χ4n) is 1.84. The second-order valence-electron chi connectivity index (χ2n) is 4.66. The molecule has 4 heteroatoms. The van der Waals surface area contributed by atoms with Crippen LogP contribution in [-0.2, 0) is 9.47 Å². The van der Waals surface area contributed by atoms with Crippen molar-refractivity contribution in [1.82, 2.24) is 5.32 Å². The molecule has 1 aliphatic rings. The highest BCUT2D eigenvalue weighted by molar-refractivity contribution is 4.75. The maximum absolute atomic E-state index is 9.69. The summed E-state index contributed by atoms with van der Waals surface area (Å²) in [4.78, 5) is 0. The van der Waals surface area contributed by atoms with Crippen LogP contribution in [0.25, 0.3) is 0 Å². The van der Waals surface area contributed by atoms with E-state index in [0.29, 0.717) is 25.8 Å². The van der Waals surface area contributed by atoms with E-state index in [0.717, 1.165) is 25.9 Å². The van der Waals surface area contributed by atoms with Crippen LogP contribution >= 0.6 is 0 Å². The van der Waals surface area contributed by atoms with Crippen molar-refractivity contribution >= 4 is 0 Å². The summed E-state index contributed by atoms with van der Waals surface area (Å²) in [7, 11) is 0. The standard InChI is InChI=1S/C13H25NO3/c1-3-5-11(2)14-8-12(15)9-16-10-13-6-4-7-17-13/h3,11-15H,1,4-10H2,2H3. The van der Waals surface area contributed by atoms with Gasteiger partial charge >= 0.3 is 0 Å². The number of nitrogens with one attached hydrogen (secondary N) is 1. The summed E-state index contributed by atoms with van der Waals surface area (Å²) in [5.41, 5.74) is 0. The Morgan fingerprint density at radius 2 is 2.47 bits per heavy atom. The summed E-state index contributed by atoms with van der Waals surface area (Å²) in [6, 6.07) is 0.348. The Labute approximate surface area is 104 Å². The SMILES string of the molecule is C=CCC(C)NCC(O)COCC1CCCO1. The summed E-state index contributed by atoms with van der Waals surface area (Å²) in [5, 5.41) is 12.9. The van der Waals surface area contributed by atoms with Crippen LogP contribution in [-0.4, -0.2) is 49.7 Å². The van der Waals surface area contributed by atoms with Crippen LogP contribution < -0.4 is 5.32 Å². The van der Waals surface area contributed by atoms with Crippen molar-refractivity contribution in [2.45, 2.75) is 44.4 Å². The molecular formula is C13H25NO3. The average molecular weight is 243 g/mol. The normalized spacial score (nSPS) is 23.5. The first kappa shape index (κ1) is 14.6. The predicted molar refractivity (Wildman–Crippen MR) is 68.1 cm³/mol. The summed E-state index contributed by atoms with van der Waals surface area (Å²) >= 11 is 0. The van der Waals surface area contributed by atoms with Crippen LogP contribution in [0.4, 0.5) is 0 Å². The van der Waals surface area contributed by atoms with E-state index in [1.165, 1.54) is 0 Å². The Balaban J connectivity index is 1.96. The zero-order valence-electron chi connectivity index (χ0n) is 10.7. The van der Waals surface area contributed by atoms with Gasteiger partial charge in [0.2, 0.25) is 0 Å². The Morgan fingerprint density at radius 3 is 3.12 bits per heavy atom. The second kappa shape index (κ2) is 8.64. The van der Waals surface area contributed by atoms with Gasteiger partial charge in [-0.15, -0.1) is 6.58 Å². The Kier molecular flexibility index (Phi) is 7.44. The zero-order valence-corrected chi connectivity index (χ0v) is 10.7. The number of aliphatic hydroxyl groups is 1. The molecule has 0 aromatic heterocycles. The molecule has 100 valence electrons. The predicted octanol–water partition coefficient (Wildman–Crippen LogP) is 1.10. The lowest BCUT2D eigenvalue weighted by Crippen LogP contribution is -2.36. The van der Waals surface area contributed by atoms with Gasteiger partial charge in [0.05, 0.1) is 25.4 Å². The largest absolute Gasteiger partial charge is 0.389 e. The van der Waals surface area contributed by atoms with Crippen LogP contribution in [0.3, 0.4) is 0 Å². The molecular weight excluding hydrogens is 218 g/mol. The first-order valence-corrected chi connectivity index (χ1v) is 6.44. The molecule has 0 aromatic rings. The molecule has 1 saturated heterocycles. The lowest BCUT2D eigenvalue weighted by atomic mass is 10.2. The van der Waals surface area contributed by atoms with Gasteiger partial charge in [-0.1, -0.05) is 6.08 Å².